The lowest BCUT2D eigenvalue weighted by Gasteiger charge is -2.37. The zero-order chi connectivity index (χ0) is 12.0. The molecule has 1 heterocycles. The number of carbonyl (C=O) groups excluding carboxylic acids is 1. The van der Waals surface area contributed by atoms with Gasteiger partial charge in [-0.1, -0.05) is 6.92 Å². The van der Waals surface area contributed by atoms with Crippen LogP contribution in [0.4, 0.5) is 0 Å². The van der Waals surface area contributed by atoms with E-state index in [1.807, 2.05) is 11.8 Å². The SMILES string of the molecule is CCN(CCOC)C(=O)C1(C)CCNCC1. The second kappa shape index (κ2) is 6.21. The number of piperidine rings is 1. The number of hydrogen-bond donors (Lipinski definition) is 1. The van der Waals surface area contributed by atoms with Crippen LogP contribution in [-0.2, 0) is 9.53 Å². The van der Waals surface area contributed by atoms with Crippen molar-refractivity contribution in [2.45, 2.75) is 26.7 Å². The monoisotopic (exact) mass is 228 g/mol. The molecule has 0 aromatic rings. The summed E-state index contributed by atoms with van der Waals surface area (Å²) in [6.45, 7) is 8.10. The van der Waals surface area contributed by atoms with E-state index in [1.54, 1.807) is 7.11 Å². The maximum Gasteiger partial charge on any atom is 0.228 e. The summed E-state index contributed by atoms with van der Waals surface area (Å²) in [6, 6.07) is 0. The maximum absolute atomic E-state index is 12.4. The number of hydrogen-bond acceptors (Lipinski definition) is 3. The Balaban J connectivity index is 2.58. The highest BCUT2D eigenvalue weighted by atomic mass is 16.5. The van der Waals surface area contributed by atoms with Gasteiger partial charge in [-0.15, -0.1) is 0 Å². The Kier molecular flexibility index (Phi) is 5.22. The molecule has 0 bridgehead atoms. The highest BCUT2D eigenvalue weighted by Gasteiger charge is 2.36. The van der Waals surface area contributed by atoms with Crippen molar-refractivity contribution in [2.75, 3.05) is 39.9 Å². The van der Waals surface area contributed by atoms with Crippen molar-refractivity contribution in [3.05, 3.63) is 0 Å². The number of amides is 1. The number of ether oxygens (including phenoxy) is 1. The minimum Gasteiger partial charge on any atom is -0.383 e. The van der Waals surface area contributed by atoms with E-state index in [1.165, 1.54) is 0 Å². The van der Waals surface area contributed by atoms with Crippen LogP contribution in [0.2, 0.25) is 0 Å². The van der Waals surface area contributed by atoms with E-state index in [0.717, 1.165) is 32.5 Å². The van der Waals surface area contributed by atoms with Gasteiger partial charge in [-0.2, -0.15) is 0 Å². The molecule has 0 unspecified atom stereocenters. The van der Waals surface area contributed by atoms with Crippen LogP contribution >= 0.6 is 0 Å². The molecule has 94 valence electrons. The molecule has 0 spiro atoms. The molecule has 4 nitrogen and oxygen atoms in total. The molecule has 1 N–H and O–H groups in total. The molecular weight excluding hydrogens is 204 g/mol. The van der Waals surface area contributed by atoms with E-state index < -0.39 is 0 Å². The zero-order valence-corrected chi connectivity index (χ0v) is 10.7. The van der Waals surface area contributed by atoms with Crippen molar-refractivity contribution in [2.24, 2.45) is 5.41 Å². The van der Waals surface area contributed by atoms with E-state index in [9.17, 15) is 4.79 Å². The van der Waals surface area contributed by atoms with E-state index in [2.05, 4.69) is 12.2 Å². The topological polar surface area (TPSA) is 41.6 Å². The molecule has 1 aliphatic rings. The second-order valence-corrected chi connectivity index (χ2v) is 4.69. The molecule has 1 saturated heterocycles. The van der Waals surface area contributed by atoms with Gasteiger partial charge in [0.15, 0.2) is 0 Å². The molecule has 4 heteroatoms. The Morgan fingerprint density at radius 1 is 1.44 bits per heavy atom. The lowest BCUT2D eigenvalue weighted by molar-refractivity contribution is -0.143. The van der Waals surface area contributed by atoms with Crippen molar-refractivity contribution in [1.82, 2.24) is 10.2 Å². The third kappa shape index (κ3) is 3.19. The third-order valence-corrected chi connectivity index (χ3v) is 3.46. The molecule has 1 aliphatic heterocycles. The lowest BCUT2D eigenvalue weighted by atomic mass is 9.79. The highest BCUT2D eigenvalue weighted by molar-refractivity contribution is 5.82. The molecule has 1 fully saturated rings. The van der Waals surface area contributed by atoms with E-state index in [4.69, 9.17) is 4.74 Å². The summed E-state index contributed by atoms with van der Waals surface area (Å²) in [5, 5.41) is 3.30. The first-order valence-corrected chi connectivity index (χ1v) is 6.13. The number of carbonyl (C=O) groups is 1. The molecule has 0 aromatic carbocycles. The average Bonchev–Trinajstić information content (AvgIpc) is 2.31. The number of nitrogens with zero attached hydrogens (tertiary/aromatic N) is 1. The Bertz CT molecular complexity index is 225. The van der Waals surface area contributed by atoms with Gasteiger partial charge in [0.05, 0.1) is 6.61 Å². The number of methoxy groups -OCH3 is 1. The van der Waals surface area contributed by atoms with Gasteiger partial charge in [-0.05, 0) is 32.9 Å². The van der Waals surface area contributed by atoms with E-state index >= 15 is 0 Å². The summed E-state index contributed by atoms with van der Waals surface area (Å²) < 4.78 is 5.04. The van der Waals surface area contributed by atoms with Gasteiger partial charge in [0.1, 0.15) is 0 Å². The largest absolute Gasteiger partial charge is 0.383 e. The Morgan fingerprint density at radius 2 is 2.06 bits per heavy atom. The van der Waals surface area contributed by atoms with Crippen molar-refractivity contribution < 1.29 is 9.53 Å². The van der Waals surface area contributed by atoms with Gasteiger partial charge >= 0.3 is 0 Å². The fourth-order valence-electron chi connectivity index (χ4n) is 2.18. The highest BCUT2D eigenvalue weighted by Crippen LogP contribution is 2.30. The normalized spacial score (nSPS) is 19.4. The van der Waals surface area contributed by atoms with Gasteiger partial charge < -0.3 is 15.0 Å². The summed E-state index contributed by atoms with van der Waals surface area (Å²) in [5.74, 6) is 0.286. The number of rotatable bonds is 5. The van der Waals surface area contributed by atoms with Gasteiger partial charge in [-0.25, -0.2) is 0 Å². The summed E-state index contributed by atoms with van der Waals surface area (Å²) in [5.41, 5.74) is -0.172. The first-order valence-electron chi connectivity index (χ1n) is 6.13. The third-order valence-electron chi connectivity index (χ3n) is 3.46. The molecule has 0 radical (unpaired) electrons. The first-order chi connectivity index (χ1) is 7.64. The summed E-state index contributed by atoms with van der Waals surface area (Å²) in [7, 11) is 1.67. The van der Waals surface area contributed by atoms with Crippen LogP contribution in [-0.4, -0.2) is 50.7 Å². The fraction of sp³-hybridized carbons (Fsp3) is 0.917. The minimum atomic E-state index is -0.172. The number of nitrogens with one attached hydrogen (secondary N) is 1. The second-order valence-electron chi connectivity index (χ2n) is 4.69. The van der Waals surface area contributed by atoms with E-state index in [-0.39, 0.29) is 11.3 Å². The molecular formula is C12H24N2O2. The summed E-state index contributed by atoms with van der Waals surface area (Å²) in [6.07, 6.45) is 1.88. The predicted molar refractivity (Wildman–Crippen MR) is 64.3 cm³/mol. The summed E-state index contributed by atoms with van der Waals surface area (Å²) >= 11 is 0. The van der Waals surface area contributed by atoms with Gasteiger partial charge in [0.2, 0.25) is 5.91 Å². The van der Waals surface area contributed by atoms with Crippen LogP contribution in [0.3, 0.4) is 0 Å². The molecule has 0 atom stereocenters. The standard InChI is InChI=1S/C12H24N2O2/c1-4-14(9-10-16-3)11(15)12(2)5-7-13-8-6-12/h13H,4-10H2,1-3H3. The minimum absolute atomic E-state index is 0.172. The number of likely N-dealkylation sites (N-methyl/N-ethyl adjacent to an activating group) is 1. The van der Waals surface area contributed by atoms with Gasteiger partial charge in [-0.3, -0.25) is 4.79 Å². The lowest BCUT2D eigenvalue weighted by Crippen LogP contribution is -2.48. The van der Waals surface area contributed by atoms with Gasteiger partial charge in [0.25, 0.3) is 0 Å². The molecule has 0 aliphatic carbocycles. The Hall–Kier alpha value is -0.610. The van der Waals surface area contributed by atoms with Crippen LogP contribution in [0.5, 0.6) is 0 Å². The van der Waals surface area contributed by atoms with Crippen LogP contribution in [0.25, 0.3) is 0 Å². The fourth-order valence-corrected chi connectivity index (χ4v) is 2.18. The van der Waals surface area contributed by atoms with Crippen molar-refractivity contribution in [1.29, 1.82) is 0 Å². The average molecular weight is 228 g/mol. The van der Waals surface area contributed by atoms with Crippen molar-refractivity contribution in [3.8, 4) is 0 Å². The van der Waals surface area contributed by atoms with Crippen molar-refractivity contribution in [3.63, 3.8) is 0 Å². The van der Waals surface area contributed by atoms with Crippen LogP contribution in [0, 0.1) is 5.41 Å². The Labute approximate surface area is 98.3 Å². The van der Waals surface area contributed by atoms with Crippen LogP contribution in [0.15, 0.2) is 0 Å². The zero-order valence-electron chi connectivity index (χ0n) is 10.7. The van der Waals surface area contributed by atoms with E-state index in [0.29, 0.717) is 13.2 Å². The first kappa shape index (κ1) is 13.5. The molecule has 0 aromatic heterocycles. The molecule has 16 heavy (non-hydrogen) atoms. The molecule has 1 amide bonds. The Morgan fingerprint density at radius 3 is 2.56 bits per heavy atom. The maximum atomic E-state index is 12.4. The molecule has 1 rings (SSSR count). The van der Waals surface area contributed by atoms with Crippen molar-refractivity contribution >= 4 is 5.91 Å². The van der Waals surface area contributed by atoms with Crippen LogP contribution in [0.1, 0.15) is 26.7 Å². The van der Waals surface area contributed by atoms with Gasteiger partial charge in [0, 0.05) is 25.6 Å². The van der Waals surface area contributed by atoms with Crippen LogP contribution < -0.4 is 5.32 Å². The molecule has 0 saturated carbocycles. The quantitative estimate of drug-likeness (QED) is 0.759. The predicted octanol–water partition coefficient (Wildman–Crippen LogP) is 0.871. The smallest absolute Gasteiger partial charge is 0.228 e. The summed E-state index contributed by atoms with van der Waals surface area (Å²) in [4.78, 5) is 14.3.